The van der Waals surface area contributed by atoms with Crippen molar-refractivity contribution in [2.24, 2.45) is 0 Å². The molecule has 1 aromatic heterocycles. The van der Waals surface area contributed by atoms with E-state index in [2.05, 4.69) is 0 Å². The molecule has 0 spiro atoms. The minimum Gasteiger partial charge on any atom is -0.467 e. The maximum absolute atomic E-state index is 11.8. The maximum Gasteiger partial charge on any atom is 0.329 e. The summed E-state index contributed by atoms with van der Waals surface area (Å²) in [5, 5.41) is 10.6. The zero-order chi connectivity index (χ0) is 14.5. The van der Waals surface area contributed by atoms with Crippen molar-refractivity contribution in [2.75, 3.05) is 7.11 Å². The van der Waals surface area contributed by atoms with Gasteiger partial charge in [-0.3, -0.25) is 10.1 Å². The van der Waals surface area contributed by atoms with Gasteiger partial charge in [-0.25, -0.2) is 4.79 Å². The Balaban J connectivity index is 2.20. The Labute approximate surface area is 115 Å². The number of carbonyl (C=O) groups excluding carboxylic acids is 1. The average Bonchev–Trinajstić information content (AvgIpc) is 2.98. The van der Waals surface area contributed by atoms with Gasteiger partial charge in [-0.15, -0.1) is 0 Å². The fourth-order valence-corrected chi connectivity index (χ4v) is 1.98. The lowest BCUT2D eigenvalue weighted by Crippen LogP contribution is -2.22. The largest absolute Gasteiger partial charge is 0.467 e. The standard InChI is InChI=1S/C14H14N2O4/c1-20-14(17)13(15-8-2-3-9-15)10-11-4-6-12(7-5-11)16(18)19/h2-9,13H,10H2,1H3. The molecule has 2 aromatic rings. The highest BCUT2D eigenvalue weighted by Gasteiger charge is 2.21. The molecule has 1 aromatic carbocycles. The molecule has 6 heteroatoms. The Morgan fingerprint density at radius 1 is 1.30 bits per heavy atom. The molecular weight excluding hydrogens is 260 g/mol. The van der Waals surface area contributed by atoms with E-state index in [0.29, 0.717) is 6.42 Å². The number of aromatic nitrogens is 1. The van der Waals surface area contributed by atoms with Crippen LogP contribution in [0.25, 0.3) is 0 Å². The summed E-state index contributed by atoms with van der Waals surface area (Å²) in [6, 6.07) is 9.34. The number of methoxy groups -OCH3 is 1. The fourth-order valence-electron chi connectivity index (χ4n) is 1.98. The molecule has 2 rings (SSSR count). The molecule has 0 saturated heterocycles. The number of esters is 1. The summed E-state index contributed by atoms with van der Waals surface area (Å²) in [5.41, 5.74) is 0.865. The number of hydrogen-bond donors (Lipinski definition) is 0. The summed E-state index contributed by atoms with van der Waals surface area (Å²) in [7, 11) is 1.34. The molecule has 0 bridgehead atoms. The minimum atomic E-state index is -0.476. The second kappa shape index (κ2) is 6.01. The zero-order valence-electron chi connectivity index (χ0n) is 10.9. The Hall–Kier alpha value is -2.63. The van der Waals surface area contributed by atoms with Crippen molar-refractivity contribution < 1.29 is 14.5 Å². The van der Waals surface area contributed by atoms with Crippen LogP contribution in [0.4, 0.5) is 5.69 Å². The summed E-state index contributed by atoms with van der Waals surface area (Å²) in [5.74, 6) is -0.348. The molecule has 0 saturated carbocycles. The highest BCUT2D eigenvalue weighted by molar-refractivity contribution is 5.74. The molecule has 1 heterocycles. The molecule has 0 aliphatic rings. The van der Waals surface area contributed by atoms with Gasteiger partial charge in [0.25, 0.3) is 5.69 Å². The predicted octanol–water partition coefficient (Wildman–Crippen LogP) is 2.35. The third-order valence-corrected chi connectivity index (χ3v) is 3.04. The van der Waals surface area contributed by atoms with Crippen molar-refractivity contribution in [1.29, 1.82) is 0 Å². The SMILES string of the molecule is COC(=O)C(Cc1ccc([N+](=O)[O-])cc1)n1cccc1. The van der Waals surface area contributed by atoms with Crippen molar-refractivity contribution in [2.45, 2.75) is 12.5 Å². The van der Waals surface area contributed by atoms with Crippen molar-refractivity contribution in [3.8, 4) is 0 Å². The number of non-ortho nitro benzene ring substituents is 1. The number of benzene rings is 1. The molecule has 0 N–H and O–H groups in total. The molecule has 6 nitrogen and oxygen atoms in total. The highest BCUT2D eigenvalue weighted by Crippen LogP contribution is 2.19. The first-order valence-corrected chi connectivity index (χ1v) is 6.05. The van der Waals surface area contributed by atoms with Crippen LogP contribution in [0.1, 0.15) is 11.6 Å². The van der Waals surface area contributed by atoms with Gasteiger partial charge in [0.2, 0.25) is 0 Å². The van der Waals surface area contributed by atoms with Gasteiger partial charge in [0.15, 0.2) is 0 Å². The van der Waals surface area contributed by atoms with Crippen LogP contribution < -0.4 is 0 Å². The second-order valence-corrected chi connectivity index (χ2v) is 4.30. The highest BCUT2D eigenvalue weighted by atomic mass is 16.6. The lowest BCUT2D eigenvalue weighted by atomic mass is 10.1. The molecule has 1 unspecified atom stereocenters. The van der Waals surface area contributed by atoms with Crippen molar-refractivity contribution in [1.82, 2.24) is 4.57 Å². The average molecular weight is 274 g/mol. The Kier molecular flexibility index (Phi) is 4.14. The minimum absolute atomic E-state index is 0.0318. The lowest BCUT2D eigenvalue weighted by Gasteiger charge is -2.16. The summed E-state index contributed by atoms with van der Waals surface area (Å²) in [6.07, 6.45) is 3.99. The quantitative estimate of drug-likeness (QED) is 0.476. The first kappa shape index (κ1) is 13.8. The van der Waals surface area contributed by atoms with Crippen LogP contribution in [0.5, 0.6) is 0 Å². The summed E-state index contributed by atoms with van der Waals surface area (Å²) in [6.45, 7) is 0. The summed E-state index contributed by atoms with van der Waals surface area (Å²) < 4.78 is 6.56. The first-order valence-electron chi connectivity index (χ1n) is 6.05. The number of hydrogen-bond acceptors (Lipinski definition) is 4. The van der Waals surface area contributed by atoms with Gasteiger partial charge in [-0.1, -0.05) is 12.1 Å². The monoisotopic (exact) mass is 274 g/mol. The molecule has 104 valence electrons. The third-order valence-electron chi connectivity index (χ3n) is 3.04. The normalized spacial score (nSPS) is 11.8. The molecule has 0 aliphatic carbocycles. The molecular formula is C14H14N2O4. The van der Waals surface area contributed by atoms with E-state index in [4.69, 9.17) is 4.74 Å². The van der Waals surface area contributed by atoms with Crippen LogP contribution >= 0.6 is 0 Å². The summed E-state index contributed by atoms with van der Waals surface area (Å²) >= 11 is 0. The fraction of sp³-hybridized carbons (Fsp3) is 0.214. The lowest BCUT2D eigenvalue weighted by molar-refractivity contribution is -0.384. The third kappa shape index (κ3) is 3.03. The Morgan fingerprint density at radius 3 is 2.40 bits per heavy atom. The van der Waals surface area contributed by atoms with E-state index in [1.807, 2.05) is 12.1 Å². The van der Waals surface area contributed by atoms with Crippen LogP contribution in [0.3, 0.4) is 0 Å². The Morgan fingerprint density at radius 2 is 1.90 bits per heavy atom. The van der Waals surface area contributed by atoms with E-state index < -0.39 is 11.0 Å². The van der Waals surface area contributed by atoms with Gasteiger partial charge < -0.3 is 9.30 Å². The Bertz CT molecular complexity index is 590. The van der Waals surface area contributed by atoms with Crippen LogP contribution in [0, 0.1) is 10.1 Å². The molecule has 0 fully saturated rings. The topological polar surface area (TPSA) is 74.4 Å². The maximum atomic E-state index is 11.8. The van der Waals surface area contributed by atoms with Gasteiger partial charge in [0, 0.05) is 30.9 Å². The van der Waals surface area contributed by atoms with E-state index in [1.165, 1.54) is 19.2 Å². The van der Waals surface area contributed by atoms with E-state index in [9.17, 15) is 14.9 Å². The number of carbonyl (C=O) groups is 1. The van der Waals surface area contributed by atoms with E-state index in [0.717, 1.165) is 5.56 Å². The number of nitro groups is 1. The van der Waals surface area contributed by atoms with E-state index in [-0.39, 0.29) is 11.7 Å². The summed E-state index contributed by atoms with van der Waals surface area (Å²) in [4.78, 5) is 22.0. The molecule has 0 amide bonds. The molecule has 0 aliphatic heterocycles. The van der Waals surface area contributed by atoms with Gasteiger partial charge in [0.05, 0.1) is 12.0 Å². The molecule has 20 heavy (non-hydrogen) atoms. The molecule has 0 radical (unpaired) electrons. The number of nitro benzene ring substituents is 1. The van der Waals surface area contributed by atoms with Crippen LogP contribution in [-0.4, -0.2) is 22.6 Å². The van der Waals surface area contributed by atoms with Gasteiger partial charge in [-0.2, -0.15) is 0 Å². The molecule has 1 atom stereocenters. The van der Waals surface area contributed by atoms with Crippen LogP contribution in [-0.2, 0) is 16.0 Å². The van der Waals surface area contributed by atoms with E-state index in [1.54, 1.807) is 29.1 Å². The van der Waals surface area contributed by atoms with Gasteiger partial charge in [-0.05, 0) is 17.7 Å². The second-order valence-electron chi connectivity index (χ2n) is 4.30. The van der Waals surface area contributed by atoms with Crippen molar-refractivity contribution >= 4 is 11.7 Å². The van der Waals surface area contributed by atoms with Gasteiger partial charge in [0.1, 0.15) is 6.04 Å². The van der Waals surface area contributed by atoms with Crippen molar-refractivity contribution in [3.05, 3.63) is 64.5 Å². The van der Waals surface area contributed by atoms with E-state index >= 15 is 0 Å². The van der Waals surface area contributed by atoms with Crippen LogP contribution in [0.15, 0.2) is 48.8 Å². The van der Waals surface area contributed by atoms with Crippen LogP contribution in [0.2, 0.25) is 0 Å². The first-order chi connectivity index (χ1) is 9.61. The number of nitrogens with zero attached hydrogens (tertiary/aromatic N) is 2. The van der Waals surface area contributed by atoms with Crippen molar-refractivity contribution in [3.63, 3.8) is 0 Å². The smallest absolute Gasteiger partial charge is 0.329 e. The zero-order valence-corrected chi connectivity index (χ0v) is 10.9. The van der Waals surface area contributed by atoms with Gasteiger partial charge >= 0.3 is 5.97 Å². The number of ether oxygens (including phenoxy) is 1. The number of rotatable bonds is 5. The predicted molar refractivity (Wildman–Crippen MR) is 72.3 cm³/mol.